The lowest BCUT2D eigenvalue weighted by atomic mass is 10.2. The monoisotopic (exact) mass is 187 g/mol. The molecule has 0 saturated carbocycles. The quantitative estimate of drug-likeness (QED) is 0.653. The molecule has 1 aliphatic heterocycles. The average Bonchev–Trinajstić information content (AvgIpc) is 2.32. The molecule has 1 rings (SSSR count). The molecule has 1 fully saturated rings. The van der Waals surface area contributed by atoms with E-state index in [-0.39, 0.29) is 5.91 Å². The molecule has 0 atom stereocenters. The lowest BCUT2D eigenvalue weighted by Crippen LogP contribution is -2.31. The van der Waals surface area contributed by atoms with Crippen LogP contribution in [0.15, 0.2) is 0 Å². The molecule has 0 aromatic carbocycles. The molecule has 0 bridgehead atoms. The van der Waals surface area contributed by atoms with Crippen LogP contribution in [-0.4, -0.2) is 29.6 Å². The van der Waals surface area contributed by atoms with Gasteiger partial charge in [-0.15, -0.1) is 0 Å². The zero-order valence-corrected chi connectivity index (χ0v) is 8.35. The third kappa shape index (κ3) is 3.05. The second-order valence-corrected chi connectivity index (χ2v) is 3.72. The van der Waals surface area contributed by atoms with Crippen LogP contribution in [0.1, 0.15) is 32.1 Å². The molecule has 0 N–H and O–H groups in total. The van der Waals surface area contributed by atoms with Crippen LogP contribution in [0.25, 0.3) is 0 Å². The molecule has 1 aliphatic rings. The third-order valence-corrected chi connectivity index (χ3v) is 2.51. The summed E-state index contributed by atoms with van der Waals surface area (Å²) in [6.07, 6.45) is 5.52. The van der Waals surface area contributed by atoms with Crippen molar-refractivity contribution in [3.05, 3.63) is 0 Å². The number of nitrogens with zero attached hydrogens (tertiary/aromatic N) is 1. The van der Waals surface area contributed by atoms with Gasteiger partial charge in [-0.2, -0.15) is 12.6 Å². The van der Waals surface area contributed by atoms with E-state index < -0.39 is 0 Å². The molecule has 0 aromatic rings. The van der Waals surface area contributed by atoms with Gasteiger partial charge in [-0.3, -0.25) is 4.79 Å². The highest BCUT2D eigenvalue weighted by atomic mass is 32.1. The normalized spacial score (nSPS) is 18.9. The Morgan fingerprint density at radius 1 is 1.17 bits per heavy atom. The molecule has 0 unspecified atom stereocenters. The maximum absolute atomic E-state index is 11.4. The zero-order valence-electron chi connectivity index (χ0n) is 7.46. The van der Waals surface area contributed by atoms with Crippen LogP contribution in [0.3, 0.4) is 0 Å². The van der Waals surface area contributed by atoms with E-state index in [0.717, 1.165) is 13.1 Å². The Kier molecular flexibility index (Phi) is 4.51. The minimum atomic E-state index is 0.284. The molecule has 1 saturated heterocycles. The molecule has 3 heteroatoms. The van der Waals surface area contributed by atoms with Crippen molar-refractivity contribution in [1.29, 1.82) is 0 Å². The summed E-state index contributed by atoms with van der Waals surface area (Å²) in [5.41, 5.74) is 0. The molecular weight excluding hydrogens is 170 g/mol. The van der Waals surface area contributed by atoms with E-state index in [4.69, 9.17) is 0 Å². The van der Waals surface area contributed by atoms with Gasteiger partial charge in [-0.1, -0.05) is 12.8 Å². The van der Waals surface area contributed by atoms with Gasteiger partial charge in [-0.05, 0) is 18.6 Å². The number of thiol groups is 1. The molecule has 1 heterocycles. The molecule has 0 aliphatic carbocycles. The first kappa shape index (κ1) is 9.90. The van der Waals surface area contributed by atoms with Gasteiger partial charge >= 0.3 is 0 Å². The molecule has 0 aromatic heterocycles. The SMILES string of the molecule is O=C(CCS)N1CCCCCC1. The average molecular weight is 187 g/mol. The number of hydrogen-bond acceptors (Lipinski definition) is 2. The minimum Gasteiger partial charge on any atom is -0.343 e. The van der Waals surface area contributed by atoms with E-state index in [9.17, 15) is 4.79 Å². The van der Waals surface area contributed by atoms with Crippen molar-refractivity contribution in [2.75, 3.05) is 18.8 Å². The summed E-state index contributed by atoms with van der Waals surface area (Å²) < 4.78 is 0. The first-order valence-electron chi connectivity index (χ1n) is 4.73. The van der Waals surface area contributed by atoms with E-state index in [1.807, 2.05) is 4.90 Å². The first-order valence-corrected chi connectivity index (χ1v) is 5.36. The summed E-state index contributed by atoms with van der Waals surface area (Å²) in [6.45, 7) is 1.93. The predicted molar refractivity (Wildman–Crippen MR) is 53.5 cm³/mol. The fourth-order valence-electron chi connectivity index (χ4n) is 1.57. The minimum absolute atomic E-state index is 0.284. The smallest absolute Gasteiger partial charge is 0.223 e. The van der Waals surface area contributed by atoms with Crippen molar-refractivity contribution in [2.45, 2.75) is 32.1 Å². The summed E-state index contributed by atoms with van der Waals surface area (Å²) in [7, 11) is 0. The Morgan fingerprint density at radius 2 is 1.75 bits per heavy atom. The molecule has 0 radical (unpaired) electrons. The lowest BCUT2D eigenvalue weighted by Gasteiger charge is -2.19. The van der Waals surface area contributed by atoms with Gasteiger partial charge in [0, 0.05) is 19.5 Å². The van der Waals surface area contributed by atoms with Gasteiger partial charge in [0.15, 0.2) is 0 Å². The predicted octanol–water partition coefficient (Wildman–Crippen LogP) is 1.71. The van der Waals surface area contributed by atoms with Crippen LogP contribution in [-0.2, 0) is 4.79 Å². The first-order chi connectivity index (χ1) is 5.84. The molecule has 0 spiro atoms. The molecular formula is C9H17NOS. The van der Waals surface area contributed by atoms with E-state index in [1.54, 1.807) is 0 Å². The van der Waals surface area contributed by atoms with E-state index in [1.165, 1.54) is 25.7 Å². The fraction of sp³-hybridized carbons (Fsp3) is 0.889. The van der Waals surface area contributed by atoms with Gasteiger partial charge in [0.25, 0.3) is 0 Å². The van der Waals surface area contributed by atoms with Crippen LogP contribution >= 0.6 is 12.6 Å². The van der Waals surface area contributed by atoms with Gasteiger partial charge in [0.05, 0.1) is 0 Å². The molecule has 12 heavy (non-hydrogen) atoms. The van der Waals surface area contributed by atoms with Crippen molar-refractivity contribution in [1.82, 2.24) is 4.90 Å². The van der Waals surface area contributed by atoms with Crippen molar-refractivity contribution in [2.24, 2.45) is 0 Å². The number of carbonyl (C=O) groups excluding carboxylic acids is 1. The third-order valence-electron chi connectivity index (χ3n) is 2.28. The van der Waals surface area contributed by atoms with Crippen LogP contribution < -0.4 is 0 Å². The van der Waals surface area contributed by atoms with E-state index in [0.29, 0.717) is 12.2 Å². The summed E-state index contributed by atoms with van der Waals surface area (Å²) >= 11 is 4.06. The second kappa shape index (κ2) is 5.46. The molecule has 1 amide bonds. The number of likely N-dealkylation sites (tertiary alicyclic amines) is 1. The fourth-order valence-corrected chi connectivity index (χ4v) is 1.77. The summed E-state index contributed by atoms with van der Waals surface area (Å²) in [5, 5.41) is 0. The second-order valence-electron chi connectivity index (χ2n) is 3.27. The number of rotatable bonds is 2. The zero-order chi connectivity index (χ0) is 8.81. The number of amides is 1. The van der Waals surface area contributed by atoms with Crippen LogP contribution in [0.2, 0.25) is 0 Å². The highest BCUT2D eigenvalue weighted by molar-refractivity contribution is 7.80. The Balaban J connectivity index is 2.32. The van der Waals surface area contributed by atoms with Gasteiger partial charge in [0.1, 0.15) is 0 Å². The summed E-state index contributed by atoms with van der Waals surface area (Å²) in [4.78, 5) is 13.4. The molecule has 2 nitrogen and oxygen atoms in total. The summed E-state index contributed by atoms with van der Waals surface area (Å²) in [6, 6.07) is 0. The van der Waals surface area contributed by atoms with Crippen LogP contribution in [0, 0.1) is 0 Å². The lowest BCUT2D eigenvalue weighted by molar-refractivity contribution is -0.130. The van der Waals surface area contributed by atoms with Gasteiger partial charge in [0.2, 0.25) is 5.91 Å². The Morgan fingerprint density at radius 3 is 2.25 bits per heavy atom. The van der Waals surface area contributed by atoms with Gasteiger partial charge < -0.3 is 4.90 Å². The molecule has 70 valence electrons. The van der Waals surface area contributed by atoms with Gasteiger partial charge in [-0.25, -0.2) is 0 Å². The Bertz CT molecular complexity index is 141. The maximum atomic E-state index is 11.4. The van der Waals surface area contributed by atoms with Crippen molar-refractivity contribution < 1.29 is 4.79 Å². The standard InChI is InChI=1S/C9H17NOS/c11-9(5-8-12)10-6-3-1-2-4-7-10/h12H,1-8H2. The highest BCUT2D eigenvalue weighted by Crippen LogP contribution is 2.10. The van der Waals surface area contributed by atoms with Crippen LogP contribution in [0.5, 0.6) is 0 Å². The largest absolute Gasteiger partial charge is 0.343 e. The van der Waals surface area contributed by atoms with Crippen molar-refractivity contribution in [3.63, 3.8) is 0 Å². The van der Waals surface area contributed by atoms with E-state index >= 15 is 0 Å². The highest BCUT2D eigenvalue weighted by Gasteiger charge is 2.13. The van der Waals surface area contributed by atoms with Crippen molar-refractivity contribution in [3.8, 4) is 0 Å². The topological polar surface area (TPSA) is 20.3 Å². The van der Waals surface area contributed by atoms with Crippen LogP contribution in [0.4, 0.5) is 0 Å². The Labute approximate surface area is 79.7 Å². The van der Waals surface area contributed by atoms with Crippen molar-refractivity contribution >= 4 is 18.5 Å². The summed E-state index contributed by atoms with van der Waals surface area (Å²) in [5.74, 6) is 0.960. The Hall–Kier alpha value is -0.180. The number of hydrogen-bond donors (Lipinski definition) is 1. The van der Waals surface area contributed by atoms with E-state index in [2.05, 4.69) is 12.6 Å². The number of carbonyl (C=O) groups is 1. The maximum Gasteiger partial charge on any atom is 0.223 e.